The number of aryl methyl sites for hydroxylation is 3. The van der Waals surface area contributed by atoms with Crippen molar-refractivity contribution in [3.8, 4) is 0 Å². The van der Waals surface area contributed by atoms with Crippen LogP contribution in [-0.4, -0.2) is 5.91 Å². The minimum absolute atomic E-state index is 0.197. The van der Waals surface area contributed by atoms with Crippen LogP contribution in [0, 0.1) is 38.5 Å². The predicted molar refractivity (Wildman–Crippen MR) is 106 cm³/mol. The Morgan fingerprint density at radius 3 is 1.84 bits per heavy atom. The quantitative estimate of drug-likeness (QED) is 0.671. The van der Waals surface area contributed by atoms with Gasteiger partial charge in [-0.25, -0.2) is 0 Å². The van der Waals surface area contributed by atoms with Gasteiger partial charge < -0.3 is 5.32 Å². The van der Waals surface area contributed by atoms with Crippen molar-refractivity contribution in [2.24, 2.45) is 17.8 Å². The highest BCUT2D eigenvalue weighted by Gasteiger charge is 2.52. The first-order chi connectivity index (χ1) is 12.1. The normalized spacial score (nSPS) is 28.8. The number of carbonyl (C=O) groups is 1. The Kier molecular flexibility index (Phi) is 5.78. The van der Waals surface area contributed by atoms with E-state index in [0.717, 1.165) is 55.3 Å². The van der Waals surface area contributed by atoms with E-state index in [9.17, 15) is 4.79 Å². The summed E-state index contributed by atoms with van der Waals surface area (Å²) >= 11 is 0. The highest BCUT2D eigenvalue weighted by molar-refractivity contribution is 5.96. The van der Waals surface area contributed by atoms with Gasteiger partial charge in [0, 0.05) is 11.6 Å². The zero-order chi connectivity index (χ0) is 17.8. The lowest BCUT2D eigenvalue weighted by Crippen LogP contribution is -2.17. The molecule has 1 saturated carbocycles. The van der Waals surface area contributed by atoms with Gasteiger partial charge in [0.25, 0.3) is 0 Å². The molecule has 1 fully saturated rings. The molecule has 0 heterocycles. The van der Waals surface area contributed by atoms with E-state index in [2.05, 4.69) is 62.5 Å². The average Bonchev–Trinajstić information content (AvgIpc) is 3.23. The molecule has 1 unspecified atom stereocenters. The standard InChI is InChI=1S/C23H31NO/c1-16-14-17(2)22(18(3)15-16)24-23(25)21-19-12-10-8-6-4-5-7-9-11-13-20(19)21/h6-9,14-15,19-21H,4-5,10-13H2,1-3H3,(H,24,25)/b8-6-,9-7+/t19-,20+,21?/m1/s1. The van der Waals surface area contributed by atoms with Gasteiger partial charge in [-0.15, -0.1) is 0 Å². The molecule has 2 aliphatic carbocycles. The molecule has 0 aromatic heterocycles. The van der Waals surface area contributed by atoms with Crippen LogP contribution in [0.25, 0.3) is 0 Å². The van der Waals surface area contributed by atoms with Crippen LogP contribution in [0.3, 0.4) is 0 Å². The zero-order valence-corrected chi connectivity index (χ0v) is 15.8. The summed E-state index contributed by atoms with van der Waals surface area (Å²) < 4.78 is 0. The first kappa shape index (κ1) is 18.0. The zero-order valence-electron chi connectivity index (χ0n) is 15.8. The minimum Gasteiger partial charge on any atom is -0.325 e. The maximum Gasteiger partial charge on any atom is 0.228 e. The lowest BCUT2D eigenvalue weighted by atomic mass is 10.0. The Balaban J connectivity index is 1.68. The molecule has 1 aromatic rings. The van der Waals surface area contributed by atoms with Crippen molar-refractivity contribution < 1.29 is 4.79 Å². The van der Waals surface area contributed by atoms with E-state index in [-0.39, 0.29) is 11.8 Å². The fourth-order valence-corrected chi connectivity index (χ4v) is 4.45. The summed E-state index contributed by atoms with van der Waals surface area (Å²) in [6.07, 6.45) is 16.0. The third-order valence-corrected chi connectivity index (χ3v) is 5.73. The van der Waals surface area contributed by atoms with E-state index in [0.29, 0.717) is 11.8 Å². The number of benzene rings is 1. The van der Waals surface area contributed by atoms with Gasteiger partial charge in [-0.3, -0.25) is 4.79 Å². The molecule has 1 N–H and O–H groups in total. The Morgan fingerprint density at radius 1 is 0.840 bits per heavy atom. The van der Waals surface area contributed by atoms with Crippen LogP contribution >= 0.6 is 0 Å². The van der Waals surface area contributed by atoms with Gasteiger partial charge in [-0.05, 0) is 82.3 Å². The molecule has 3 atom stereocenters. The fraction of sp³-hybridized carbons (Fsp3) is 0.522. The van der Waals surface area contributed by atoms with Crippen molar-refractivity contribution in [2.45, 2.75) is 59.3 Å². The van der Waals surface area contributed by atoms with E-state index in [1.807, 2.05) is 0 Å². The lowest BCUT2D eigenvalue weighted by Gasteiger charge is -2.13. The highest BCUT2D eigenvalue weighted by Crippen LogP contribution is 2.52. The molecule has 3 rings (SSSR count). The van der Waals surface area contributed by atoms with E-state index >= 15 is 0 Å². The molecule has 2 heteroatoms. The molecule has 25 heavy (non-hydrogen) atoms. The molecule has 0 saturated heterocycles. The van der Waals surface area contributed by atoms with Gasteiger partial charge in [0.15, 0.2) is 0 Å². The largest absolute Gasteiger partial charge is 0.325 e. The van der Waals surface area contributed by atoms with Crippen molar-refractivity contribution in [1.82, 2.24) is 0 Å². The lowest BCUT2D eigenvalue weighted by molar-refractivity contribution is -0.117. The van der Waals surface area contributed by atoms with E-state index in [1.165, 1.54) is 5.56 Å². The third kappa shape index (κ3) is 4.42. The fourth-order valence-electron chi connectivity index (χ4n) is 4.45. The number of fused-ring (bicyclic) bond motifs is 1. The van der Waals surface area contributed by atoms with Crippen LogP contribution in [0.5, 0.6) is 0 Å². The van der Waals surface area contributed by atoms with Crippen molar-refractivity contribution in [3.63, 3.8) is 0 Å². The summed E-state index contributed by atoms with van der Waals surface area (Å²) in [5.74, 6) is 1.54. The number of allylic oxidation sites excluding steroid dienone is 4. The first-order valence-electron chi connectivity index (χ1n) is 9.76. The number of nitrogens with one attached hydrogen (secondary N) is 1. The number of hydrogen-bond donors (Lipinski definition) is 1. The second-order valence-electron chi connectivity index (χ2n) is 7.79. The Labute approximate surface area is 152 Å². The van der Waals surface area contributed by atoms with Gasteiger partial charge in [-0.2, -0.15) is 0 Å². The van der Waals surface area contributed by atoms with Crippen molar-refractivity contribution in [1.29, 1.82) is 0 Å². The van der Waals surface area contributed by atoms with Gasteiger partial charge in [-0.1, -0.05) is 42.0 Å². The molecular formula is C23H31NO. The van der Waals surface area contributed by atoms with Crippen LogP contribution < -0.4 is 5.32 Å². The maximum atomic E-state index is 12.9. The summed E-state index contributed by atoms with van der Waals surface area (Å²) in [5.41, 5.74) is 4.59. The molecule has 1 amide bonds. The van der Waals surface area contributed by atoms with Crippen molar-refractivity contribution in [3.05, 3.63) is 53.1 Å². The number of carbonyl (C=O) groups excluding carboxylic acids is 1. The van der Waals surface area contributed by atoms with Gasteiger partial charge >= 0.3 is 0 Å². The van der Waals surface area contributed by atoms with E-state index in [4.69, 9.17) is 0 Å². The van der Waals surface area contributed by atoms with Gasteiger partial charge in [0.05, 0.1) is 0 Å². The van der Waals surface area contributed by atoms with Crippen LogP contribution in [0.15, 0.2) is 36.4 Å². The Bertz CT molecular complexity index is 638. The molecule has 0 radical (unpaired) electrons. The summed E-state index contributed by atoms with van der Waals surface area (Å²) in [6, 6.07) is 4.30. The summed E-state index contributed by atoms with van der Waals surface area (Å²) in [5, 5.41) is 3.25. The summed E-state index contributed by atoms with van der Waals surface area (Å²) in [7, 11) is 0. The van der Waals surface area contributed by atoms with Crippen LogP contribution in [-0.2, 0) is 4.79 Å². The Morgan fingerprint density at radius 2 is 1.32 bits per heavy atom. The van der Waals surface area contributed by atoms with Gasteiger partial charge in [0.1, 0.15) is 0 Å². The number of anilines is 1. The molecule has 134 valence electrons. The second-order valence-corrected chi connectivity index (χ2v) is 7.79. The molecule has 2 nitrogen and oxygen atoms in total. The molecule has 1 aromatic carbocycles. The van der Waals surface area contributed by atoms with E-state index in [1.54, 1.807) is 0 Å². The SMILES string of the molecule is Cc1cc(C)c(NC(=O)C2[C@H]3CC/C=C/CC/C=C\CC[C@@H]23)c(C)c1. The molecule has 0 aliphatic heterocycles. The van der Waals surface area contributed by atoms with E-state index < -0.39 is 0 Å². The Hall–Kier alpha value is -1.83. The predicted octanol–water partition coefficient (Wildman–Crippen LogP) is 5.88. The van der Waals surface area contributed by atoms with Crippen LogP contribution in [0.4, 0.5) is 5.69 Å². The summed E-state index contributed by atoms with van der Waals surface area (Å²) in [4.78, 5) is 12.9. The topological polar surface area (TPSA) is 29.1 Å². The molecule has 0 spiro atoms. The maximum absolute atomic E-state index is 12.9. The second kappa shape index (κ2) is 8.03. The molecular weight excluding hydrogens is 306 g/mol. The van der Waals surface area contributed by atoms with Crippen molar-refractivity contribution in [2.75, 3.05) is 5.32 Å². The highest BCUT2D eigenvalue weighted by atomic mass is 16.2. The smallest absolute Gasteiger partial charge is 0.228 e. The summed E-state index contributed by atoms with van der Waals surface area (Å²) in [6.45, 7) is 6.28. The molecule has 0 bridgehead atoms. The van der Waals surface area contributed by atoms with Crippen LogP contribution in [0.2, 0.25) is 0 Å². The van der Waals surface area contributed by atoms with Gasteiger partial charge in [0.2, 0.25) is 5.91 Å². The first-order valence-corrected chi connectivity index (χ1v) is 9.76. The minimum atomic E-state index is 0.197. The van der Waals surface area contributed by atoms with Crippen LogP contribution in [0.1, 0.15) is 55.2 Å². The number of rotatable bonds is 2. The average molecular weight is 338 g/mol. The number of amides is 1. The molecule has 2 aliphatic rings. The van der Waals surface area contributed by atoms with Crippen molar-refractivity contribution >= 4 is 11.6 Å². The monoisotopic (exact) mass is 337 g/mol. The third-order valence-electron chi connectivity index (χ3n) is 5.73. The number of hydrogen-bond acceptors (Lipinski definition) is 1.